The van der Waals surface area contributed by atoms with Gasteiger partial charge in [-0.2, -0.15) is 4.98 Å². The highest BCUT2D eigenvalue weighted by Crippen LogP contribution is 2.27. The average molecular weight is 309 g/mol. The highest BCUT2D eigenvalue weighted by atomic mass is 35.5. The molecule has 3 rings (SSSR count). The molecule has 2 heterocycles. The van der Waals surface area contributed by atoms with Crippen LogP contribution in [0.25, 0.3) is 0 Å². The molecule has 1 aromatic carbocycles. The minimum atomic E-state index is 0.540. The third-order valence-corrected chi connectivity index (χ3v) is 3.80. The van der Waals surface area contributed by atoms with Crippen molar-refractivity contribution in [3.05, 3.63) is 40.5 Å². The first-order valence-corrected chi connectivity index (χ1v) is 7.28. The summed E-state index contributed by atoms with van der Waals surface area (Å²) in [6.07, 6.45) is 4.19. The number of aromatic nitrogens is 2. The van der Waals surface area contributed by atoms with E-state index < -0.39 is 0 Å². The third kappa shape index (κ3) is 2.97. The van der Waals surface area contributed by atoms with Crippen LogP contribution in [-0.2, 0) is 0 Å². The predicted octanol–water partition coefficient (Wildman–Crippen LogP) is 4.13. The van der Waals surface area contributed by atoms with E-state index in [-0.39, 0.29) is 0 Å². The van der Waals surface area contributed by atoms with Crippen molar-refractivity contribution in [3.8, 4) is 0 Å². The van der Waals surface area contributed by atoms with Crippen LogP contribution >= 0.6 is 23.2 Å². The Morgan fingerprint density at radius 1 is 1.10 bits per heavy atom. The standard InChI is InChI=1S/C14H14Cl2N4/c15-10-3-4-12(11(16)9-10)18-14-17-6-5-13(19-14)20-7-1-2-8-20/h3-6,9H,1-2,7-8H2,(H,17,18,19). The van der Waals surface area contributed by atoms with Gasteiger partial charge in [-0.25, -0.2) is 4.98 Å². The molecule has 0 bridgehead atoms. The lowest BCUT2D eigenvalue weighted by Gasteiger charge is -2.16. The SMILES string of the molecule is Clc1ccc(Nc2nccc(N3CCCC3)n2)c(Cl)c1. The summed E-state index contributed by atoms with van der Waals surface area (Å²) in [6.45, 7) is 2.11. The largest absolute Gasteiger partial charge is 0.356 e. The molecule has 0 atom stereocenters. The molecule has 4 nitrogen and oxygen atoms in total. The minimum Gasteiger partial charge on any atom is -0.356 e. The summed E-state index contributed by atoms with van der Waals surface area (Å²) in [6, 6.07) is 7.21. The minimum absolute atomic E-state index is 0.540. The number of benzene rings is 1. The Morgan fingerprint density at radius 2 is 1.90 bits per heavy atom. The van der Waals surface area contributed by atoms with Gasteiger partial charge in [0.25, 0.3) is 0 Å². The highest BCUT2D eigenvalue weighted by Gasteiger charge is 2.14. The molecule has 104 valence electrons. The number of halogens is 2. The van der Waals surface area contributed by atoms with Crippen LogP contribution in [0.2, 0.25) is 10.0 Å². The van der Waals surface area contributed by atoms with Crippen molar-refractivity contribution in [1.29, 1.82) is 0 Å². The summed E-state index contributed by atoms with van der Waals surface area (Å²) in [5.41, 5.74) is 0.745. The Morgan fingerprint density at radius 3 is 2.65 bits per heavy atom. The van der Waals surface area contributed by atoms with Gasteiger partial charge in [-0.15, -0.1) is 0 Å². The van der Waals surface area contributed by atoms with Gasteiger partial charge in [0.15, 0.2) is 0 Å². The second-order valence-electron chi connectivity index (χ2n) is 4.68. The maximum atomic E-state index is 6.13. The molecule has 1 fully saturated rings. The van der Waals surface area contributed by atoms with Crippen LogP contribution in [0.5, 0.6) is 0 Å². The van der Waals surface area contributed by atoms with Gasteiger partial charge in [-0.3, -0.25) is 0 Å². The van der Waals surface area contributed by atoms with E-state index in [2.05, 4.69) is 20.2 Å². The van der Waals surface area contributed by atoms with Gasteiger partial charge >= 0.3 is 0 Å². The second-order valence-corrected chi connectivity index (χ2v) is 5.53. The average Bonchev–Trinajstić information content (AvgIpc) is 2.96. The number of nitrogens with zero attached hydrogens (tertiary/aromatic N) is 3. The van der Waals surface area contributed by atoms with Gasteiger partial charge in [0.1, 0.15) is 5.82 Å². The number of nitrogens with one attached hydrogen (secondary N) is 1. The zero-order valence-corrected chi connectivity index (χ0v) is 12.3. The molecule has 1 N–H and O–H groups in total. The van der Waals surface area contributed by atoms with Gasteiger partial charge in [0, 0.05) is 24.3 Å². The van der Waals surface area contributed by atoms with Crippen LogP contribution in [0, 0.1) is 0 Å². The van der Waals surface area contributed by atoms with Gasteiger partial charge in [0.05, 0.1) is 10.7 Å². The van der Waals surface area contributed by atoms with Crippen molar-refractivity contribution in [2.45, 2.75) is 12.8 Å². The third-order valence-electron chi connectivity index (χ3n) is 3.25. The van der Waals surface area contributed by atoms with Crippen molar-refractivity contribution in [2.24, 2.45) is 0 Å². The van der Waals surface area contributed by atoms with E-state index in [1.807, 2.05) is 12.1 Å². The Bertz CT molecular complexity index is 612. The van der Waals surface area contributed by atoms with Crippen molar-refractivity contribution in [1.82, 2.24) is 9.97 Å². The molecule has 0 amide bonds. The second kappa shape index (κ2) is 5.85. The van der Waals surface area contributed by atoms with Crippen LogP contribution in [0.15, 0.2) is 30.5 Å². The number of anilines is 3. The Hall–Kier alpha value is -1.52. The molecule has 2 aromatic rings. The summed E-state index contributed by atoms with van der Waals surface area (Å²) in [5.74, 6) is 1.49. The summed E-state index contributed by atoms with van der Waals surface area (Å²) in [7, 11) is 0. The molecular weight excluding hydrogens is 295 g/mol. The van der Waals surface area contributed by atoms with Gasteiger partial charge in [0.2, 0.25) is 5.95 Å². The van der Waals surface area contributed by atoms with E-state index in [0.29, 0.717) is 16.0 Å². The van der Waals surface area contributed by atoms with Crippen LogP contribution in [0.1, 0.15) is 12.8 Å². The Balaban J connectivity index is 1.81. The predicted molar refractivity (Wildman–Crippen MR) is 83.2 cm³/mol. The normalized spacial score (nSPS) is 14.6. The lowest BCUT2D eigenvalue weighted by atomic mass is 10.3. The van der Waals surface area contributed by atoms with Gasteiger partial charge in [-0.1, -0.05) is 23.2 Å². The van der Waals surface area contributed by atoms with Crippen LogP contribution in [0.3, 0.4) is 0 Å². The molecule has 0 saturated carbocycles. The zero-order valence-electron chi connectivity index (χ0n) is 10.8. The van der Waals surface area contributed by atoms with E-state index in [0.717, 1.165) is 24.6 Å². The fraction of sp³-hybridized carbons (Fsp3) is 0.286. The monoisotopic (exact) mass is 308 g/mol. The molecular formula is C14H14Cl2N4. The van der Waals surface area contributed by atoms with E-state index in [9.17, 15) is 0 Å². The van der Waals surface area contributed by atoms with Crippen LogP contribution < -0.4 is 10.2 Å². The Kier molecular flexibility index (Phi) is 3.94. The zero-order chi connectivity index (χ0) is 13.9. The molecule has 20 heavy (non-hydrogen) atoms. The summed E-state index contributed by atoms with van der Waals surface area (Å²) in [5, 5.41) is 4.28. The smallest absolute Gasteiger partial charge is 0.229 e. The summed E-state index contributed by atoms with van der Waals surface area (Å²) < 4.78 is 0. The molecule has 1 aromatic heterocycles. The van der Waals surface area contributed by atoms with Crippen LogP contribution in [-0.4, -0.2) is 23.1 Å². The first-order valence-electron chi connectivity index (χ1n) is 6.52. The maximum Gasteiger partial charge on any atom is 0.229 e. The van der Waals surface area contributed by atoms with Crippen molar-refractivity contribution >= 4 is 40.7 Å². The lowest BCUT2D eigenvalue weighted by molar-refractivity contribution is 0.930. The first-order chi connectivity index (χ1) is 9.72. The molecule has 0 spiro atoms. The first kappa shape index (κ1) is 13.5. The molecule has 1 saturated heterocycles. The molecule has 1 aliphatic rings. The number of hydrogen-bond acceptors (Lipinski definition) is 4. The van der Waals surface area contributed by atoms with E-state index in [1.165, 1.54) is 12.8 Å². The van der Waals surface area contributed by atoms with Crippen molar-refractivity contribution < 1.29 is 0 Å². The van der Waals surface area contributed by atoms with Crippen LogP contribution in [0.4, 0.5) is 17.5 Å². The quantitative estimate of drug-likeness (QED) is 0.925. The van der Waals surface area contributed by atoms with Crippen molar-refractivity contribution in [3.63, 3.8) is 0 Å². The molecule has 0 aliphatic carbocycles. The summed E-state index contributed by atoms with van der Waals surface area (Å²) in [4.78, 5) is 11.0. The van der Waals surface area contributed by atoms with Gasteiger partial charge < -0.3 is 10.2 Å². The molecule has 1 aliphatic heterocycles. The van der Waals surface area contributed by atoms with Gasteiger partial charge in [-0.05, 0) is 37.1 Å². The lowest BCUT2D eigenvalue weighted by Crippen LogP contribution is -2.19. The maximum absolute atomic E-state index is 6.13. The fourth-order valence-corrected chi connectivity index (χ4v) is 2.70. The topological polar surface area (TPSA) is 41.1 Å². The highest BCUT2D eigenvalue weighted by molar-refractivity contribution is 6.36. The van der Waals surface area contributed by atoms with E-state index in [4.69, 9.17) is 23.2 Å². The molecule has 0 radical (unpaired) electrons. The van der Waals surface area contributed by atoms with E-state index in [1.54, 1.807) is 18.3 Å². The summed E-state index contributed by atoms with van der Waals surface area (Å²) >= 11 is 12.0. The number of rotatable bonds is 3. The molecule has 6 heteroatoms. The number of hydrogen-bond donors (Lipinski definition) is 1. The Labute approximate surface area is 127 Å². The van der Waals surface area contributed by atoms with E-state index >= 15 is 0 Å². The molecule has 0 unspecified atom stereocenters. The van der Waals surface area contributed by atoms with Crippen molar-refractivity contribution in [2.75, 3.05) is 23.3 Å². The fourth-order valence-electron chi connectivity index (χ4n) is 2.24.